The maximum Gasteiger partial charge on any atom is 0.246 e. The minimum Gasteiger partial charge on any atom is -0.363 e. The summed E-state index contributed by atoms with van der Waals surface area (Å²) in [6.07, 6.45) is 1.81. The predicted molar refractivity (Wildman–Crippen MR) is 87.8 cm³/mol. The van der Waals surface area contributed by atoms with Gasteiger partial charge in [-0.3, -0.25) is 4.79 Å². The van der Waals surface area contributed by atoms with Gasteiger partial charge in [-0.25, -0.2) is 4.98 Å². The van der Waals surface area contributed by atoms with Gasteiger partial charge in [-0.2, -0.15) is 0 Å². The molecule has 0 aliphatic carbocycles. The number of carbonyl (C=O) groups excluding carboxylic acids is 1. The lowest BCUT2D eigenvalue weighted by Gasteiger charge is -2.43. The second-order valence-electron chi connectivity index (χ2n) is 5.84. The molecule has 1 spiro atoms. The summed E-state index contributed by atoms with van der Waals surface area (Å²) in [5.74, 6) is -0.0175. The Morgan fingerprint density at radius 1 is 1.36 bits per heavy atom. The summed E-state index contributed by atoms with van der Waals surface area (Å²) in [4.78, 5) is 18.2. The summed E-state index contributed by atoms with van der Waals surface area (Å²) < 4.78 is 6.92. The SMILES string of the molecule is O=C1COC2(CCN(c3nc4ccc(Cl)cc4s3)CC2)CN1. The molecule has 1 amide bonds. The van der Waals surface area contributed by atoms with Gasteiger partial charge >= 0.3 is 0 Å². The van der Waals surface area contributed by atoms with Crippen LogP contribution < -0.4 is 10.2 Å². The topological polar surface area (TPSA) is 54.5 Å². The first kappa shape index (κ1) is 14.2. The van der Waals surface area contributed by atoms with Crippen LogP contribution in [0.5, 0.6) is 0 Å². The minimum atomic E-state index is -0.190. The van der Waals surface area contributed by atoms with Gasteiger partial charge in [0.25, 0.3) is 0 Å². The smallest absolute Gasteiger partial charge is 0.246 e. The van der Waals surface area contributed by atoms with Crippen LogP contribution >= 0.6 is 22.9 Å². The lowest BCUT2D eigenvalue weighted by molar-refractivity contribution is -0.146. The van der Waals surface area contributed by atoms with E-state index in [4.69, 9.17) is 21.3 Å². The van der Waals surface area contributed by atoms with Crippen LogP contribution in [0.25, 0.3) is 10.2 Å². The Morgan fingerprint density at radius 2 is 2.18 bits per heavy atom. The Bertz CT molecular complexity index is 713. The Labute approximate surface area is 137 Å². The normalized spacial score (nSPS) is 21.3. The summed E-state index contributed by atoms with van der Waals surface area (Å²) in [5.41, 5.74) is 0.801. The van der Waals surface area contributed by atoms with E-state index in [1.165, 1.54) is 0 Å². The number of nitrogens with one attached hydrogen (secondary N) is 1. The second kappa shape index (κ2) is 5.37. The molecule has 5 nitrogen and oxygen atoms in total. The number of halogens is 1. The molecular formula is C15H16ClN3O2S. The molecule has 0 bridgehead atoms. The molecule has 1 aromatic heterocycles. The van der Waals surface area contributed by atoms with Crippen LogP contribution in [0.15, 0.2) is 18.2 Å². The molecule has 2 aliphatic heterocycles. The number of piperidine rings is 1. The first-order valence-electron chi connectivity index (χ1n) is 7.35. The number of morpholine rings is 1. The lowest BCUT2D eigenvalue weighted by atomic mass is 9.90. The lowest BCUT2D eigenvalue weighted by Crippen LogP contribution is -2.57. The van der Waals surface area contributed by atoms with Crippen molar-refractivity contribution in [1.82, 2.24) is 10.3 Å². The van der Waals surface area contributed by atoms with Gasteiger partial charge in [-0.15, -0.1) is 0 Å². The fourth-order valence-corrected chi connectivity index (χ4v) is 4.32. The molecule has 1 N–H and O–H groups in total. The third-order valence-electron chi connectivity index (χ3n) is 4.40. The van der Waals surface area contributed by atoms with Crippen molar-refractivity contribution in [3.05, 3.63) is 23.2 Å². The Hall–Kier alpha value is -1.37. The summed E-state index contributed by atoms with van der Waals surface area (Å²) >= 11 is 7.71. The molecule has 4 rings (SSSR count). The number of aromatic nitrogens is 1. The predicted octanol–water partition coefficient (Wildman–Crippen LogP) is 2.44. The van der Waals surface area contributed by atoms with Crippen molar-refractivity contribution in [2.45, 2.75) is 18.4 Å². The van der Waals surface area contributed by atoms with Crippen molar-refractivity contribution in [1.29, 1.82) is 0 Å². The number of nitrogens with zero attached hydrogens (tertiary/aromatic N) is 2. The van der Waals surface area contributed by atoms with E-state index in [1.54, 1.807) is 11.3 Å². The van der Waals surface area contributed by atoms with Crippen molar-refractivity contribution in [2.24, 2.45) is 0 Å². The highest BCUT2D eigenvalue weighted by Crippen LogP contribution is 2.35. The van der Waals surface area contributed by atoms with E-state index in [0.29, 0.717) is 6.54 Å². The molecule has 0 radical (unpaired) electrons. The van der Waals surface area contributed by atoms with Gasteiger partial charge in [-0.1, -0.05) is 22.9 Å². The monoisotopic (exact) mass is 337 g/mol. The zero-order valence-electron chi connectivity index (χ0n) is 12.0. The van der Waals surface area contributed by atoms with Gasteiger partial charge in [0.05, 0.1) is 15.8 Å². The molecule has 2 fully saturated rings. The molecule has 2 saturated heterocycles. The average molecular weight is 338 g/mol. The van der Waals surface area contributed by atoms with Gasteiger partial charge in [-0.05, 0) is 31.0 Å². The summed E-state index contributed by atoms with van der Waals surface area (Å²) in [5, 5.41) is 4.69. The highest BCUT2D eigenvalue weighted by Gasteiger charge is 2.39. The average Bonchev–Trinajstić information content (AvgIpc) is 2.94. The van der Waals surface area contributed by atoms with Crippen molar-refractivity contribution in [3.8, 4) is 0 Å². The van der Waals surface area contributed by atoms with Crippen LogP contribution in [0.2, 0.25) is 5.02 Å². The van der Waals surface area contributed by atoms with Gasteiger partial charge in [0.2, 0.25) is 5.91 Å². The number of fused-ring (bicyclic) bond motifs is 1. The zero-order valence-corrected chi connectivity index (χ0v) is 13.5. The van der Waals surface area contributed by atoms with Crippen LogP contribution in [0.4, 0.5) is 5.13 Å². The molecule has 3 heterocycles. The number of ether oxygens (including phenoxy) is 1. The molecule has 2 aliphatic rings. The van der Waals surface area contributed by atoms with E-state index < -0.39 is 0 Å². The van der Waals surface area contributed by atoms with E-state index in [-0.39, 0.29) is 18.1 Å². The molecule has 116 valence electrons. The molecule has 0 unspecified atom stereocenters. The second-order valence-corrected chi connectivity index (χ2v) is 7.29. The van der Waals surface area contributed by atoms with Gasteiger partial charge in [0.1, 0.15) is 6.61 Å². The van der Waals surface area contributed by atoms with E-state index in [1.807, 2.05) is 18.2 Å². The number of amides is 1. The Morgan fingerprint density at radius 3 is 2.91 bits per heavy atom. The fraction of sp³-hybridized carbons (Fsp3) is 0.467. The van der Waals surface area contributed by atoms with Crippen LogP contribution in [0, 0.1) is 0 Å². The third kappa shape index (κ3) is 2.55. The van der Waals surface area contributed by atoms with E-state index in [2.05, 4.69) is 10.2 Å². The van der Waals surface area contributed by atoms with Crippen LogP contribution in [-0.4, -0.2) is 42.7 Å². The molecule has 0 atom stereocenters. The van der Waals surface area contributed by atoms with Gasteiger partial charge < -0.3 is 15.0 Å². The quantitative estimate of drug-likeness (QED) is 0.868. The summed E-state index contributed by atoms with van der Waals surface area (Å²) in [6.45, 7) is 2.58. The molecule has 2 aromatic rings. The molecule has 0 saturated carbocycles. The number of carbonyl (C=O) groups is 1. The first-order valence-corrected chi connectivity index (χ1v) is 8.55. The summed E-state index contributed by atoms with van der Waals surface area (Å²) in [7, 11) is 0. The van der Waals surface area contributed by atoms with Crippen LogP contribution in [0.3, 0.4) is 0 Å². The number of thiazole rings is 1. The van der Waals surface area contributed by atoms with E-state index >= 15 is 0 Å². The summed E-state index contributed by atoms with van der Waals surface area (Å²) in [6, 6.07) is 5.79. The van der Waals surface area contributed by atoms with Crippen LogP contribution in [0.1, 0.15) is 12.8 Å². The number of hydrogen-bond donors (Lipinski definition) is 1. The van der Waals surface area contributed by atoms with Crippen molar-refractivity contribution in [3.63, 3.8) is 0 Å². The standard InChI is InChI=1S/C15H16ClN3O2S/c16-10-1-2-11-12(7-10)22-14(18-11)19-5-3-15(4-6-19)9-17-13(20)8-21-15/h1-2,7H,3-6,8-9H2,(H,17,20). The zero-order chi connectivity index (χ0) is 15.2. The van der Waals surface area contributed by atoms with Crippen molar-refractivity contribution < 1.29 is 9.53 Å². The van der Waals surface area contributed by atoms with Gasteiger partial charge in [0, 0.05) is 24.7 Å². The maximum absolute atomic E-state index is 11.2. The highest BCUT2D eigenvalue weighted by molar-refractivity contribution is 7.22. The largest absolute Gasteiger partial charge is 0.363 e. The van der Waals surface area contributed by atoms with Crippen LogP contribution in [-0.2, 0) is 9.53 Å². The van der Waals surface area contributed by atoms with E-state index in [9.17, 15) is 4.79 Å². The highest BCUT2D eigenvalue weighted by atomic mass is 35.5. The molecule has 7 heteroatoms. The van der Waals surface area contributed by atoms with Gasteiger partial charge in [0.15, 0.2) is 5.13 Å². The number of hydrogen-bond acceptors (Lipinski definition) is 5. The Balaban J connectivity index is 1.49. The molecular weight excluding hydrogens is 322 g/mol. The Kier molecular flexibility index (Phi) is 3.47. The van der Waals surface area contributed by atoms with E-state index in [0.717, 1.165) is 46.3 Å². The molecule has 1 aromatic carbocycles. The number of anilines is 1. The first-order chi connectivity index (χ1) is 10.6. The third-order valence-corrected chi connectivity index (χ3v) is 5.72. The number of benzene rings is 1. The minimum absolute atomic E-state index is 0.0175. The van der Waals surface area contributed by atoms with Crippen molar-refractivity contribution in [2.75, 3.05) is 31.1 Å². The van der Waals surface area contributed by atoms with Crippen molar-refractivity contribution >= 4 is 44.2 Å². The fourth-order valence-electron chi connectivity index (χ4n) is 3.03. The maximum atomic E-state index is 11.2. The molecule has 22 heavy (non-hydrogen) atoms. The number of rotatable bonds is 1.